The largest absolute Gasteiger partial charge is 0.492 e. The highest BCUT2D eigenvalue weighted by atomic mass is 16.5. The van der Waals surface area contributed by atoms with Crippen molar-refractivity contribution in [2.24, 2.45) is 0 Å². The van der Waals surface area contributed by atoms with Crippen molar-refractivity contribution < 1.29 is 14.3 Å². The van der Waals surface area contributed by atoms with Gasteiger partial charge in [0.25, 0.3) is 5.56 Å². The smallest absolute Gasteiger partial charge is 0.278 e. The first kappa shape index (κ1) is 18.2. The maximum absolute atomic E-state index is 12.3. The maximum Gasteiger partial charge on any atom is 0.278 e. The normalized spacial score (nSPS) is 10.6. The maximum atomic E-state index is 12.3. The van der Waals surface area contributed by atoms with Crippen molar-refractivity contribution in [3.05, 3.63) is 64.4 Å². The molecule has 0 spiro atoms. The summed E-state index contributed by atoms with van der Waals surface area (Å²) in [5.41, 5.74) is 0.735. The molecule has 0 atom stereocenters. The van der Waals surface area contributed by atoms with Gasteiger partial charge in [-0.05, 0) is 43.3 Å². The third-order valence-electron chi connectivity index (χ3n) is 3.88. The number of rotatable bonds is 7. The summed E-state index contributed by atoms with van der Waals surface area (Å²) in [7, 11) is 0. The number of carbonyl (C=O) groups is 2. The summed E-state index contributed by atoms with van der Waals surface area (Å²) < 4.78 is 6.53. The molecule has 3 aromatic rings. The molecule has 0 bridgehead atoms. The van der Waals surface area contributed by atoms with E-state index in [9.17, 15) is 14.4 Å². The number of carbonyl (C=O) groups excluding carboxylic acids is 2. The van der Waals surface area contributed by atoms with Crippen molar-refractivity contribution in [3.63, 3.8) is 0 Å². The van der Waals surface area contributed by atoms with E-state index >= 15 is 0 Å². The van der Waals surface area contributed by atoms with Gasteiger partial charge in [-0.15, -0.1) is 5.10 Å². The number of nitrogens with zero attached hydrogens (tertiary/aromatic N) is 3. The van der Waals surface area contributed by atoms with Crippen LogP contribution in [0.15, 0.2) is 53.3 Å². The number of aromatic nitrogens is 3. The van der Waals surface area contributed by atoms with Gasteiger partial charge in [-0.2, -0.15) is 0 Å². The first-order valence-electron chi connectivity index (χ1n) is 8.37. The van der Waals surface area contributed by atoms with Crippen molar-refractivity contribution in [2.75, 3.05) is 13.2 Å². The van der Waals surface area contributed by atoms with E-state index in [2.05, 4.69) is 15.6 Å². The highest BCUT2D eigenvalue weighted by Gasteiger charge is 2.09. The van der Waals surface area contributed by atoms with E-state index in [1.807, 2.05) is 0 Å². The van der Waals surface area contributed by atoms with E-state index < -0.39 is 0 Å². The lowest BCUT2D eigenvalue weighted by Gasteiger charge is -2.09. The first-order valence-corrected chi connectivity index (χ1v) is 8.37. The molecule has 138 valence electrons. The van der Waals surface area contributed by atoms with Crippen molar-refractivity contribution >= 4 is 22.6 Å². The highest BCUT2D eigenvalue weighted by Crippen LogP contribution is 2.12. The lowest BCUT2D eigenvalue weighted by Crippen LogP contribution is -2.36. The van der Waals surface area contributed by atoms with E-state index in [0.717, 1.165) is 4.68 Å². The predicted molar refractivity (Wildman–Crippen MR) is 98.7 cm³/mol. The topological polar surface area (TPSA) is 103 Å². The number of amides is 1. The molecule has 0 radical (unpaired) electrons. The van der Waals surface area contributed by atoms with Gasteiger partial charge >= 0.3 is 0 Å². The number of hydrogen-bond acceptors (Lipinski definition) is 6. The fourth-order valence-corrected chi connectivity index (χ4v) is 2.46. The molecule has 3 rings (SSSR count). The quantitative estimate of drug-likeness (QED) is 0.498. The SMILES string of the molecule is CC(=O)c1ccc(OCCNC(=O)Cn2nnc3ccccc3c2=O)cc1. The number of fused-ring (bicyclic) bond motifs is 1. The summed E-state index contributed by atoms with van der Waals surface area (Å²) in [6.45, 7) is 1.80. The molecule has 0 aliphatic heterocycles. The molecule has 1 N–H and O–H groups in total. The Hall–Kier alpha value is -3.55. The number of Topliss-reactive ketones (excluding diaryl/α,β-unsaturated/α-hetero) is 1. The van der Waals surface area contributed by atoms with Crippen LogP contribution >= 0.6 is 0 Å². The number of nitrogens with one attached hydrogen (secondary N) is 1. The van der Waals surface area contributed by atoms with Crippen LogP contribution in [0.4, 0.5) is 0 Å². The molecular formula is C19H18N4O4. The van der Waals surface area contributed by atoms with E-state index in [-0.39, 0.29) is 36.9 Å². The Bertz CT molecular complexity index is 1030. The van der Waals surface area contributed by atoms with Gasteiger partial charge < -0.3 is 10.1 Å². The molecule has 1 aromatic heterocycles. The van der Waals surface area contributed by atoms with Crippen LogP contribution in [0.3, 0.4) is 0 Å². The second-order valence-electron chi connectivity index (χ2n) is 5.85. The van der Waals surface area contributed by atoms with E-state index in [0.29, 0.717) is 22.2 Å². The number of ketones is 1. The zero-order chi connectivity index (χ0) is 19.2. The lowest BCUT2D eigenvalue weighted by atomic mass is 10.1. The predicted octanol–water partition coefficient (Wildman–Crippen LogP) is 1.19. The molecule has 2 aromatic carbocycles. The van der Waals surface area contributed by atoms with Gasteiger partial charge in [0.2, 0.25) is 5.91 Å². The van der Waals surface area contributed by atoms with Gasteiger partial charge in [0, 0.05) is 5.56 Å². The van der Waals surface area contributed by atoms with Crippen molar-refractivity contribution in [2.45, 2.75) is 13.5 Å². The summed E-state index contributed by atoms with van der Waals surface area (Å²) in [4.78, 5) is 35.5. The average molecular weight is 366 g/mol. The van der Waals surface area contributed by atoms with Gasteiger partial charge in [0.05, 0.1) is 11.9 Å². The molecule has 27 heavy (non-hydrogen) atoms. The summed E-state index contributed by atoms with van der Waals surface area (Å²) in [5.74, 6) is 0.226. The Balaban J connectivity index is 1.49. The summed E-state index contributed by atoms with van der Waals surface area (Å²) in [6.07, 6.45) is 0. The summed E-state index contributed by atoms with van der Waals surface area (Å²) in [5, 5.41) is 10.8. The third-order valence-corrected chi connectivity index (χ3v) is 3.88. The fourth-order valence-electron chi connectivity index (χ4n) is 2.46. The minimum atomic E-state index is -0.364. The molecule has 0 unspecified atom stereocenters. The van der Waals surface area contributed by atoms with Gasteiger partial charge in [-0.3, -0.25) is 14.4 Å². The standard InChI is InChI=1S/C19H18N4O4/c1-13(24)14-6-8-15(9-7-14)27-11-10-20-18(25)12-23-19(26)16-4-2-3-5-17(16)21-22-23/h2-9H,10-12H2,1H3,(H,20,25). The van der Waals surface area contributed by atoms with Gasteiger partial charge in [0.15, 0.2) is 5.78 Å². The van der Waals surface area contributed by atoms with Crippen LogP contribution in [-0.4, -0.2) is 39.8 Å². The van der Waals surface area contributed by atoms with E-state index in [1.165, 1.54) is 6.92 Å². The Morgan fingerprint density at radius 2 is 1.85 bits per heavy atom. The minimum Gasteiger partial charge on any atom is -0.492 e. The molecule has 0 saturated carbocycles. The second-order valence-corrected chi connectivity index (χ2v) is 5.85. The molecular weight excluding hydrogens is 348 g/mol. The Morgan fingerprint density at radius 3 is 2.59 bits per heavy atom. The minimum absolute atomic E-state index is 0.0131. The van der Waals surface area contributed by atoms with Gasteiger partial charge in [-0.25, -0.2) is 4.68 Å². The highest BCUT2D eigenvalue weighted by molar-refractivity contribution is 5.94. The Morgan fingerprint density at radius 1 is 1.11 bits per heavy atom. The van der Waals surface area contributed by atoms with E-state index in [4.69, 9.17) is 4.74 Å². The van der Waals surface area contributed by atoms with Crippen LogP contribution in [0, 0.1) is 0 Å². The molecule has 1 amide bonds. The summed E-state index contributed by atoms with van der Waals surface area (Å²) >= 11 is 0. The molecule has 0 fully saturated rings. The Kier molecular flexibility index (Phi) is 5.55. The molecule has 8 heteroatoms. The monoisotopic (exact) mass is 366 g/mol. The molecule has 0 saturated heterocycles. The summed E-state index contributed by atoms with van der Waals surface area (Å²) in [6, 6.07) is 13.6. The number of ether oxygens (including phenoxy) is 1. The zero-order valence-electron chi connectivity index (χ0n) is 14.7. The molecule has 8 nitrogen and oxygen atoms in total. The van der Waals surface area contributed by atoms with Crippen LogP contribution in [-0.2, 0) is 11.3 Å². The van der Waals surface area contributed by atoms with Crippen LogP contribution in [0.2, 0.25) is 0 Å². The lowest BCUT2D eigenvalue weighted by molar-refractivity contribution is -0.122. The number of hydrogen-bond donors (Lipinski definition) is 1. The Labute approximate surface area is 154 Å². The van der Waals surface area contributed by atoms with Crippen molar-refractivity contribution in [1.82, 2.24) is 20.3 Å². The van der Waals surface area contributed by atoms with Crippen LogP contribution in [0.25, 0.3) is 10.9 Å². The van der Waals surface area contributed by atoms with Crippen LogP contribution in [0.5, 0.6) is 5.75 Å². The molecule has 1 heterocycles. The van der Waals surface area contributed by atoms with Gasteiger partial charge in [0.1, 0.15) is 24.4 Å². The van der Waals surface area contributed by atoms with Crippen LogP contribution < -0.4 is 15.6 Å². The fraction of sp³-hybridized carbons (Fsp3) is 0.211. The van der Waals surface area contributed by atoms with Crippen LogP contribution in [0.1, 0.15) is 17.3 Å². The second kappa shape index (κ2) is 8.22. The first-order chi connectivity index (χ1) is 13.0. The molecule has 0 aliphatic carbocycles. The van der Waals surface area contributed by atoms with E-state index in [1.54, 1.807) is 48.5 Å². The average Bonchev–Trinajstić information content (AvgIpc) is 2.68. The molecule has 0 aliphatic rings. The van der Waals surface area contributed by atoms with Crippen molar-refractivity contribution in [3.8, 4) is 5.75 Å². The number of benzene rings is 2. The third kappa shape index (κ3) is 4.55. The zero-order valence-corrected chi connectivity index (χ0v) is 14.7. The van der Waals surface area contributed by atoms with Gasteiger partial charge in [-0.1, -0.05) is 17.3 Å². The van der Waals surface area contributed by atoms with Crippen molar-refractivity contribution in [1.29, 1.82) is 0 Å².